The molecule has 2 heterocycles. The van der Waals surface area contributed by atoms with Gasteiger partial charge in [0.25, 0.3) is 0 Å². The van der Waals surface area contributed by atoms with Crippen molar-refractivity contribution in [2.45, 2.75) is 38.8 Å². The molecule has 3 nitrogen and oxygen atoms in total. The van der Waals surface area contributed by atoms with Gasteiger partial charge in [-0.2, -0.15) is 5.10 Å². The predicted molar refractivity (Wildman–Crippen MR) is 71.8 cm³/mol. The van der Waals surface area contributed by atoms with Crippen LogP contribution < -0.4 is 5.32 Å². The molecule has 1 saturated heterocycles. The number of aromatic nitrogens is 2. The fraction of sp³-hybridized carbons (Fsp3) is 0.769. The van der Waals surface area contributed by atoms with Crippen molar-refractivity contribution in [3.63, 3.8) is 0 Å². The molecular weight excluding hydrogens is 253 g/mol. The Morgan fingerprint density at radius 3 is 2.94 bits per heavy atom. The van der Waals surface area contributed by atoms with Crippen molar-refractivity contribution in [2.75, 3.05) is 13.1 Å². The van der Waals surface area contributed by atoms with Crippen LogP contribution in [0.4, 0.5) is 4.39 Å². The first-order valence-corrected chi connectivity index (χ1v) is 7.06. The summed E-state index contributed by atoms with van der Waals surface area (Å²) in [7, 11) is 1.84. The molecule has 18 heavy (non-hydrogen) atoms. The van der Waals surface area contributed by atoms with Crippen molar-refractivity contribution in [1.82, 2.24) is 15.1 Å². The van der Waals surface area contributed by atoms with Gasteiger partial charge in [0.15, 0.2) is 0 Å². The molecule has 0 aromatic carbocycles. The average molecular weight is 274 g/mol. The third kappa shape index (κ3) is 2.86. The van der Waals surface area contributed by atoms with Crippen LogP contribution in [-0.2, 0) is 19.9 Å². The summed E-state index contributed by atoms with van der Waals surface area (Å²) in [4.78, 5) is 0. The maximum absolute atomic E-state index is 14.3. The van der Waals surface area contributed by atoms with E-state index in [2.05, 4.69) is 10.4 Å². The van der Waals surface area contributed by atoms with Gasteiger partial charge in [-0.25, -0.2) is 4.39 Å². The normalized spacial score (nSPS) is 22.1. The van der Waals surface area contributed by atoms with Crippen molar-refractivity contribution < 1.29 is 4.39 Å². The van der Waals surface area contributed by atoms with E-state index in [1.165, 1.54) is 0 Å². The molecule has 2 unspecified atom stereocenters. The fourth-order valence-electron chi connectivity index (χ4n) is 2.58. The zero-order chi connectivity index (χ0) is 13.1. The number of hydrogen-bond donors (Lipinski definition) is 1. The number of hydrogen-bond acceptors (Lipinski definition) is 2. The lowest BCUT2D eigenvalue weighted by Crippen LogP contribution is -2.36. The first-order valence-electron chi connectivity index (χ1n) is 6.68. The summed E-state index contributed by atoms with van der Waals surface area (Å²) in [5.74, 6) is 0.106. The van der Waals surface area contributed by atoms with Gasteiger partial charge in [0.1, 0.15) is 6.17 Å². The third-order valence-electron chi connectivity index (χ3n) is 3.74. The van der Waals surface area contributed by atoms with Crippen LogP contribution in [0.25, 0.3) is 0 Å². The number of rotatable bonds is 4. The van der Waals surface area contributed by atoms with Gasteiger partial charge in [-0.05, 0) is 25.8 Å². The van der Waals surface area contributed by atoms with E-state index in [9.17, 15) is 4.39 Å². The maximum Gasteiger partial charge on any atom is 0.110 e. The van der Waals surface area contributed by atoms with Crippen molar-refractivity contribution >= 4 is 11.6 Å². The molecule has 2 rings (SSSR count). The second-order valence-electron chi connectivity index (χ2n) is 5.01. The molecule has 0 bridgehead atoms. The molecule has 1 aromatic rings. The number of halogens is 2. The number of nitrogens with zero attached hydrogens (tertiary/aromatic N) is 2. The largest absolute Gasteiger partial charge is 0.316 e. The molecule has 0 spiro atoms. The Kier molecular flexibility index (Phi) is 4.62. The Bertz CT molecular complexity index is 399. The van der Waals surface area contributed by atoms with Crippen LogP contribution in [0, 0.1) is 5.92 Å². The van der Waals surface area contributed by atoms with Crippen molar-refractivity contribution in [3.8, 4) is 0 Å². The molecule has 0 amide bonds. The van der Waals surface area contributed by atoms with E-state index in [4.69, 9.17) is 11.6 Å². The molecule has 1 aliphatic heterocycles. The topological polar surface area (TPSA) is 29.9 Å². The molecule has 1 aliphatic rings. The monoisotopic (exact) mass is 273 g/mol. The lowest BCUT2D eigenvalue weighted by atomic mass is 9.92. The zero-order valence-corrected chi connectivity index (χ0v) is 11.8. The first-order chi connectivity index (χ1) is 8.63. The van der Waals surface area contributed by atoms with Gasteiger partial charge in [-0.3, -0.25) is 4.68 Å². The maximum atomic E-state index is 14.3. The summed E-state index contributed by atoms with van der Waals surface area (Å²) in [5.41, 5.74) is 1.69. The Labute approximate surface area is 113 Å². The van der Waals surface area contributed by atoms with E-state index >= 15 is 0 Å². The van der Waals surface area contributed by atoms with E-state index < -0.39 is 6.17 Å². The molecule has 102 valence electrons. The lowest BCUT2D eigenvalue weighted by Gasteiger charge is -2.25. The summed E-state index contributed by atoms with van der Waals surface area (Å²) < 4.78 is 16.0. The smallest absolute Gasteiger partial charge is 0.110 e. The zero-order valence-electron chi connectivity index (χ0n) is 11.0. The van der Waals surface area contributed by atoms with Crippen molar-refractivity contribution in [1.29, 1.82) is 0 Å². The van der Waals surface area contributed by atoms with Crippen LogP contribution in [-0.4, -0.2) is 29.0 Å². The van der Waals surface area contributed by atoms with Gasteiger partial charge in [0.05, 0.1) is 16.4 Å². The molecule has 1 N–H and O–H groups in total. The predicted octanol–water partition coefficient (Wildman–Crippen LogP) is 2.52. The highest BCUT2D eigenvalue weighted by molar-refractivity contribution is 6.31. The summed E-state index contributed by atoms with van der Waals surface area (Å²) in [6.45, 7) is 3.79. The molecule has 0 radical (unpaired) electrons. The van der Waals surface area contributed by atoms with Crippen LogP contribution in [0.2, 0.25) is 5.02 Å². The fourth-order valence-corrected chi connectivity index (χ4v) is 2.95. The number of alkyl halides is 1. The highest BCUT2D eigenvalue weighted by Gasteiger charge is 2.26. The van der Waals surface area contributed by atoms with Crippen molar-refractivity contribution in [2.24, 2.45) is 13.0 Å². The van der Waals surface area contributed by atoms with E-state index in [1.807, 2.05) is 14.0 Å². The second kappa shape index (κ2) is 6.02. The molecule has 1 fully saturated rings. The van der Waals surface area contributed by atoms with E-state index in [0.29, 0.717) is 11.4 Å². The molecule has 2 atom stereocenters. The van der Waals surface area contributed by atoms with Crippen LogP contribution in [0.1, 0.15) is 31.2 Å². The van der Waals surface area contributed by atoms with Crippen LogP contribution in [0.3, 0.4) is 0 Å². The molecule has 5 heteroatoms. The summed E-state index contributed by atoms with van der Waals surface area (Å²) in [6, 6.07) is 0. The average Bonchev–Trinajstić information content (AvgIpc) is 2.67. The minimum Gasteiger partial charge on any atom is -0.316 e. The van der Waals surface area contributed by atoms with Crippen molar-refractivity contribution in [3.05, 3.63) is 16.4 Å². The van der Waals surface area contributed by atoms with Gasteiger partial charge in [-0.1, -0.05) is 18.5 Å². The summed E-state index contributed by atoms with van der Waals surface area (Å²) in [6.07, 6.45) is 2.34. The Hall–Kier alpha value is -0.610. The number of piperidine rings is 1. The van der Waals surface area contributed by atoms with Gasteiger partial charge in [-0.15, -0.1) is 0 Å². The standard InChI is InChI=1S/C13H21ClFN3/c1-3-11-13(14)12(18(2)17-11)7-10(15)9-5-4-6-16-8-9/h9-10,16H,3-8H2,1-2H3. The lowest BCUT2D eigenvalue weighted by molar-refractivity contribution is 0.189. The summed E-state index contributed by atoms with van der Waals surface area (Å²) >= 11 is 6.25. The number of aryl methyl sites for hydroxylation is 2. The Morgan fingerprint density at radius 1 is 1.61 bits per heavy atom. The highest BCUT2D eigenvalue weighted by atomic mass is 35.5. The van der Waals surface area contributed by atoms with E-state index in [0.717, 1.165) is 43.7 Å². The van der Waals surface area contributed by atoms with Gasteiger partial charge in [0, 0.05) is 25.9 Å². The van der Waals surface area contributed by atoms with Crippen LogP contribution >= 0.6 is 11.6 Å². The first kappa shape index (κ1) is 13.8. The van der Waals surface area contributed by atoms with Gasteiger partial charge in [0.2, 0.25) is 0 Å². The van der Waals surface area contributed by atoms with E-state index in [-0.39, 0.29) is 5.92 Å². The van der Waals surface area contributed by atoms with E-state index in [1.54, 1.807) is 4.68 Å². The molecule has 0 aliphatic carbocycles. The highest BCUT2D eigenvalue weighted by Crippen LogP contribution is 2.26. The minimum atomic E-state index is -0.838. The SMILES string of the molecule is CCc1nn(C)c(CC(F)C2CCCNC2)c1Cl. The summed E-state index contributed by atoms with van der Waals surface area (Å²) in [5, 5.41) is 8.23. The van der Waals surface area contributed by atoms with Crippen LogP contribution in [0.5, 0.6) is 0 Å². The van der Waals surface area contributed by atoms with Crippen LogP contribution in [0.15, 0.2) is 0 Å². The molecule has 1 aromatic heterocycles. The number of nitrogens with one attached hydrogen (secondary N) is 1. The molecular formula is C13H21ClFN3. The Balaban J connectivity index is 2.06. The Morgan fingerprint density at radius 2 is 2.39 bits per heavy atom. The second-order valence-corrected chi connectivity index (χ2v) is 5.39. The molecule has 0 saturated carbocycles. The van der Waals surface area contributed by atoms with Gasteiger partial charge < -0.3 is 5.32 Å². The quantitative estimate of drug-likeness (QED) is 0.914. The minimum absolute atomic E-state index is 0.106. The third-order valence-corrected chi connectivity index (χ3v) is 4.17. The van der Waals surface area contributed by atoms with Gasteiger partial charge >= 0.3 is 0 Å².